The molecule has 5 rings (SSSR count). The lowest BCUT2D eigenvalue weighted by molar-refractivity contribution is -0.0755. The Hall–Kier alpha value is -0.860. The topological polar surface area (TPSA) is 21.3 Å². The van der Waals surface area contributed by atoms with Crippen LogP contribution in [0.25, 0.3) is 0 Å². The van der Waals surface area contributed by atoms with E-state index in [0.29, 0.717) is 11.5 Å². The summed E-state index contributed by atoms with van der Waals surface area (Å²) >= 11 is 0. The maximum Gasteiger partial charge on any atom is 0.0494 e. The van der Waals surface area contributed by atoms with Crippen molar-refractivity contribution in [2.75, 3.05) is 13.2 Å². The van der Waals surface area contributed by atoms with Gasteiger partial charge in [0.1, 0.15) is 0 Å². The van der Waals surface area contributed by atoms with Crippen molar-refractivity contribution < 1.29 is 4.74 Å². The summed E-state index contributed by atoms with van der Waals surface area (Å²) in [4.78, 5) is 0. The number of hydrogen-bond donors (Lipinski definition) is 1. The maximum absolute atomic E-state index is 5.81. The van der Waals surface area contributed by atoms with Crippen LogP contribution in [-0.4, -0.2) is 19.3 Å². The number of fused-ring (bicyclic) bond motifs is 5. The molecule has 1 aromatic carbocycles. The van der Waals surface area contributed by atoms with Crippen molar-refractivity contribution in [1.29, 1.82) is 0 Å². The van der Waals surface area contributed by atoms with E-state index in [-0.39, 0.29) is 0 Å². The lowest BCUT2D eigenvalue weighted by Crippen LogP contribution is -2.51. The van der Waals surface area contributed by atoms with Crippen molar-refractivity contribution in [1.82, 2.24) is 5.32 Å². The Labute approximate surface area is 197 Å². The van der Waals surface area contributed by atoms with Crippen LogP contribution in [0.2, 0.25) is 0 Å². The van der Waals surface area contributed by atoms with Crippen molar-refractivity contribution in [2.45, 2.75) is 91.1 Å². The summed E-state index contributed by atoms with van der Waals surface area (Å²) in [7, 11) is 0. The lowest BCUT2D eigenvalue weighted by atomic mass is 9.49. The average Bonchev–Trinajstić information content (AvgIpc) is 3.19. The second-order valence-corrected chi connectivity index (χ2v) is 12.2. The van der Waals surface area contributed by atoms with Crippen molar-refractivity contribution >= 4 is 0 Å². The summed E-state index contributed by atoms with van der Waals surface area (Å²) in [6, 6.07) is 11.6. The Balaban J connectivity index is 1.21. The van der Waals surface area contributed by atoms with Crippen LogP contribution < -0.4 is 5.32 Å². The molecule has 0 saturated heterocycles. The molecule has 4 aliphatic carbocycles. The Bertz CT molecular complexity index is 734. The van der Waals surface area contributed by atoms with E-state index in [1.807, 2.05) is 0 Å². The van der Waals surface area contributed by atoms with E-state index in [2.05, 4.69) is 56.4 Å². The van der Waals surface area contributed by atoms with Gasteiger partial charge in [0.25, 0.3) is 0 Å². The molecule has 9 atom stereocenters. The first-order chi connectivity index (χ1) is 15.6. The fourth-order valence-corrected chi connectivity index (χ4v) is 9.27. The predicted octanol–water partition coefficient (Wildman–Crippen LogP) is 7.09. The molecule has 0 aliphatic heterocycles. The first-order valence-corrected chi connectivity index (χ1v) is 13.9. The molecular formula is C30H47NO. The van der Waals surface area contributed by atoms with Crippen LogP contribution >= 0.6 is 0 Å². The fraction of sp³-hybridized carbons (Fsp3) is 0.800. The number of hydrogen-bond acceptors (Lipinski definition) is 2. The third-order valence-electron chi connectivity index (χ3n) is 10.8. The number of benzene rings is 1. The van der Waals surface area contributed by atoms with Gasteiger partial charge in [-0.3, -0.25) is 0 Å². The summed E-state index contributed by atoms with van der Waals surface area (Å²) in [5.74, 6) is 6.75. The minimum absolute atomic E-state index is 0.559. The minimum Gasteiger partial charge on any atom is -0.381 e. The molecule has 2 heteroatoms. The quantitative estimate of drug-likeness (QED) is 0.492. The van der Waals surface area contributed by atoms with Gasteiger partial charge in [-0.2, -0.15) is 0 Å². The van der Waals surface area contributed by atoms with E-state index in [4.69, 9.17) is 4.74 Å². The van der Waals surface area contributed by atoms with Crippen molar-refractivity contribution in [3.05, 3.63) is 35.9 Å². The van der Waals surface area contributed by atoms with Gasteiger partial charge < -0.3 is 10.1 Å². The molecule has 1 N–H and O–H groups in total. The zero-order valence-corrected chi connectivity index (χ0v) is 20.9. The van der Waals surface area contributed by atoms with E-state index in [9.17, 15) is 0 Å². The molecule has 1 aromatic rings. The van der Waals surface area contributed by atoms with Crippen LogP contribution in [0, 0.1) is 46.8 Å². The van der Waals surface area contributed by atoms with Crippen LogP contribution in [0.1, 0.15) is 84.1 Å². The molecule has 4 fully saturated rings. The molecule has 4 saturated carbocycles. The van der Waals surface area contributed by atoms with Crippen LogP contribution in [-0.2, 0) is 11.3 Å². The van der Waals surface area contributed by atoms with E-state index in [1.165, 1.54) is 63.4 Å². The largest absolute Gasteiger partial charge is 0.381 e. The van der Waals surface area contributed by atoms with Crippen LogP contribution in [0.4, 0.5) is 0 Å². The first-order valence-electron chi connectivity index (χ1n) is 13.9. The Morgan fingerprint density at radius 3 is 2.59 bits per heavy atom. The summed E-state index contributed by atoms with van der Waals surface area (Å²) in [6.07, 6.45) is 13.3. The first kappa shape index (κ1) is 22.9. The second-order valence-electron chi connectivity index (χ2n) is 12.2. The normalized spacial score (nSPS) is 42.0. The van der Waals surface area contributed by atoms with Gasteiger partial charge in [-0.05, 0) is 124 Å². The third-order valence-corrected chi connectivity index (χ3v) is 10.8. The standard InChI is InChI=1S/C30H47NO/c1-4-32-20-23-10-12-25-24(18-23)11-13-27-26(25)16-17-30(3)28(14-15-29(27)30)21(2)31-19-22-8-6-5-7-9-22/h5-9,21,23-29,31H,4,10-20H2,1-3H3/t21-,23-,24+,25-,26?,27+,28+,29?,30+/m0/s1. The molecule has 0 bridgehead atoms. The van der Waals surface area contributed by atoms with Crippen molar-refractivity contribution in [2.24, 2.45) is 46.8 Å². The molecule has 2 unspecified atom stereocenters. The van der Waals surface area contributed by atoms with Crippen LogP contribution in [0.3, 0.4) is 0 Å². The highest BCUT2D eigenvalue weighted by atomic mass is 16.5. The SMILES string of the molecule is CCOC[C@H]1CC[C@@H]2C3CC[C@@]4(C)C(CC[C@@H]4[C@H](C)NCc4ccccc4)[C@@H]3CC[C@@H]2C1. The fourth-order valence-electron chi connectivity index (χ4n) is 9.27. The molecule has 0 spiro atoms. The van der Waals surface area contributed by atoms with Crippen LogP contribution in [0.15, 0.2) is 30.3 Å². The molecular weight excluding hydrogens is 390 g/mol. The highest BCUT2D eigenvalue weighted by Crippen LogP contribution is 2.64. The number of nitrogens with one attached hydrogen (secondary N) is 1. The lowest BCUT2D eigenvalue weighted by Gasteiger charge is -2.57. The van der Waals surface area contributed by atoms with Crippen LogP contribution in [0.5, 0.6) is 0 Å². The zero-order valence-electron chi connectivity index (χ0n) is 20.9. The molecule has 32 heavy (non-hydrogen) atoms. The molecule has 0 amide bonds. The smallest absolute Gasteiger partial charge is 0.0494 e. The summed E-state index contributed by atoms with van der Waals surface area (Å²) in [5, 5.41) is 3.93. The highest BCUT2D eigenvalue weighted by Gasteiger charge is 2.57. The van der Waals surface area contributed by atoms with Gasteiger partial charge in [0.05, 0.1) is 0 Å². The highest BCUT2D eigenvalue weighted by molar-refractivity contribution is 5.15. The molecule has 4 aliphatic rings. The predicted molar refractivity (Wildman–Crippen MR) is 133 cm³/mol. The van der Waals surface area contributed by atoms with Gasteiger partial charge in [0.15, 0.2) is 0 Å². The second kappa shape index (κ2) is 9.79. The minimum atomic E-state index is 0.559. The third kappa shape index (κ3) is 4.31. The molecule has 2 nitrogen and oxygen atoms in total. The Morgan fingerprint density at radius 2 is 1.78 bits per heavy atom. The summed E-state index contributed by atoms with van der Waals surface area (Å²) in [6.45, 7) is 10.2. The number of ether oxygens (including phenoxy) is 1. The molecule has 0 heterocycles. The monoisotopic (exact) mass is 437 g/mol. The van der Waals surface area contributed by atoms with E-state index >= 15 is 0 Å². The Kier molecular flexibility index (Phi) is 7.01. The van der Waals surface area contributed by atoms with Gasteiger partial charge in [-0.1, -0.05) is 37.3 Å². The van der Waals surface area contributed by atoms with E-state index < -0.39 is 0 Å². The van der Waals surface area contributed by atoms with E-state index in [0.717, 1.165) is 61.2 Å². The summed E-state index contributed by atoms with van der Waals surface area (Å²) < 4.78 is 5.81. The van der Waals surface area contributed by atoms with Gasteiger partial charge in [0, 0.05) is 25.8 Å². The summed E-state index contributed by atoms with van der Waals surface area (Å²) in [5.41, 5.74) is 1.98. The van der Waals surface area contributed by atoms with Gasteiger partial charge in [-0.15, -0.1) is 0 Å². The molecule has 0 aromatic heterocycles. The van der Waals surface area contributed by atoms with Gasteiger partial charge in [-0.25, -0.2) is 0 Å². The van der Waals surface area contributed by atoms with E-state index in [1.54, 1.807) is 0 Å². The van der Waals surface area contributed by atoms with Crippen molar-refractivity contribution in [3.63, 3.8) is 0 Å². The average molecular weight is 438 g/mol. The zero-order chi connectivity index (χ0) is 22.1. The molecule has 178 valence electrons. The number of rotatable bonds is 7. The Morgan fingerprint density at radius 1 is 0.969 bits per heavy atom. The van der Waals surface area contributed by atoms with Crippen molar-refractivity contribution in [3.8, 4) is 0 Å². The maximum atomic E-state index is 5.81. The molecule has 0 radical (unpaired) electrons. The van der Waals surface area contributed by atoms with Gasteiger partial charge in [0.2, 0.25) is 0 Å². The van der Waals surface area contributed by atoms with Gasteiger partial charge >= 0.3 is 0 Å².